The van der Waals surface area contributed by atoms with Gasteiger partial charge in [-0.05, 0) is 35.2 Å². The lowest BCUT2D eigenvalue weighted by molar-refractivity contribution is -0.0346. The molecule has 0 spiro atoms. The average Bonchev–Trinajstić information content (AvgIpc) is 3.52. The van der Waals surface area contributed by atoms with Crippen LogP contribution in [-0.2, 0) is 17.1 Å². The number of fused-ring (bicyclic) bond motifs is 2. The number of anilines is 1. The fraction of sp³-hybridized carbons (Fsp3) is 0.240. The third kappa shape index (κ3) is 4.10. The Morgan fingerprint density at radius 2 is 1.97 bits per heavy atom. The number of nitrogens with zero attached hydrogens (tertiary/aromatic N) is 5. The fourth-order valence-corrected chi connectivity index (χ4v) is 5.73. The van der Waals surface area contributed by atoms with E-state index in [0.717, 1.165) is 51.1 Å². The summed E-state index contributed by atoms with van der Waals surface area (Å²) in [6.07, 6.45) is 3.50. The molecule has 0 bridgehead atoms. The normalized spacial score (nSPS) is 20.3. The molecule has 35 heavy (non-hydrogen) atoms. The number of aromatic nitrogens is 2. The van der Waals surface area contributed by atoms with Crippen LogP contribution in [0.25, 0.3) is 11.0 Å². The number of hydrogen-bond acceptors (Lipinski definition) is 8. The van der Waals surface area contributed by atoms with Crippen LogP contribution in [-0.4, -0.2) is 53.3 Å². The largest absolute Gasteiger partial charge is 0.379 e. The molecule has 2 N–H and O–H groups in total. The van der Waals surface area contributed by atoms with Crippen LogP contribution in [0.5, 0.6) is 0 Å². The van der Waals surface area contributed by atoms with Gasteiger partial charge in [-0.25, -0.2) is 9.98 Å². The Morgan fingerprint density at radius 1 is 1.14 bits per heavy atom. The van der Waals surface area contributed by atoms with Crippen molar-refractivity contribution in [1.29, 1.82) is 0 Å². The minimum atomic E-state index is -0.797. The number of para-hydroxylation sites is 2. The smallest absolute Gasteiger partial charge is 0.242 e. The van der Waals surface area contributed by atoms with Crippen molar-refractivity contribution < 1.29 is 4.74 Å². The fourth-order valence-electron chi connectivity index (χ4n) is 4.55. The third-order valence-corrected chi connectivity index (χ3v) is 7.67. The highest BCUT2D eigenvalue weighted by atomic mass is 35.5. The minimum absolute atomic E-state index is 0.591. The van der Waals surface area contributed by atoms with Crippen LogP contribution >= 0.6 is 22.9 Å². The van der Waals surface area contributed by atoms with Gasteiger partial charge in [0.15, 0.2) is 5.82 Å². The zero-order chi connectivity index (χ0) is 23.7. The molecule has 10 heteroatoms. The molecule has 1 atom stereocenters. The number of aliphatic imine (C=N–C) groups is 1. The van der Waals surface area contributed by atoms with Crippen molar-refractivity contribution in [1.82, 2.24) is 19.9 Å². The monoisotopic (exact) mass is 505 g/mol. The Labute approximate surface area is 211 Å². The summed E-state index contributed by atoms with van der Waals surface area (Å²) in [6.45, 7) is 3.41. The van der Waals surface area contributed by atoms with Gasteiger partial charge in [-0.3, -0.25) is 10.3 Å². The van der Waals surface area contributed by atoms with Crippen molar-refractivity contribution >= 4 is 52.2 Å². The lowest BCUT2D eigenvalue weighted by Crippen LogP contribution is -2.57. The van der Waals surface area contributed by atoms with Crippen molar-refractivity contribution in [3.05, 3.63) is 81.3 Å². The number of imidazole rings is 1. The molecule has 0 amide bonds. The maximum absolute atomic E-state index is 6.48. The predicted octanol–water partition coefficient (Wildman–Crippen LogP) is 4.32. The number of rotatable bonds is 6. The van der Waals surface area contributed by atoms with Crippen LogP contribution in [0.15, 0.2) is 70.1 Å². The maximum Gasteiger partial charge on any atom is 0.242 e. The Hall–Kier alpha value is -3.24. The van der Waals surface area contributed by atoms with E-state index in [1.807, 2.05) is 42.5 Å². The first kappa shape index (κ1) is 22.2. The summed E-state index contributed by atoms with van der Waals surface area (Å²) in [5, 5.41) is 10.7. The average molecular weight is 506 g/mol. The number of halogens is 1. The Balaban J connectivity index is 1.36. The molecule has 1 unspecified atom stereocenters. The molecule has 1 fully saturated rings. The van der Waals surface area contributed by atoms with Crippen molar-refractivity contribution in [2.24, 2.45) is 10.1 Å². The topological polar surface area (TPSA) is 79.1 Å². The minimum Gasteiger partial charge on any atom is -0.379 e. The number of morpholine rings is 1. The first-order valence-electron chi connectivity index (χ1n) is 11.4. The zero-order valence-corrected chi connectivity index (χ0v) is 20.5. The van der Waals surface area contributed by atoms with E-state index in [0.29, 0.717) is 19.8 Å². The van der Waals surface area contributed by atoms with Gasteiger partial charge in [0.25, 0.3) is 0 Å². The number of hydrazone groups is 1. The zero-order valence-electron chi connectivity index (χ0n) is 18.9. The van der Waals surface area contributed by atoms with Gasteiger partial charge in [-0.1, -0.05) is 41.9 Å². The molecular weight excluding hydrogens is 482 g/mol. The molecule has 6 rings (SSSR count). The van der Waals surface area contributed by atoms with Crippen LogP contribution in [0.2, 0.25) is 5.02 Å². The van der Waals surface area contributed by atoms with Gasteiger partial charge in [-0.15, -0.1) is 11.3 Å². The van der Waals surface area contributed by atoms with E-state index in [1.165, 1.54) is 0 Å². The van der Waals surface area contributed by atoms with E-state index in [1.54, 1.807) is 23.9 Å². The summed E-state index contributed by atoms with van der Waals surface area (Å²) in [7, 11) is 0. The van der Waals surface area contributed by atoms with E-state index >= 15 is 0 Å². The molecule has 4 aromatic rings. The number of thiophene rings is 1. The molecule has 0 saturated carbocycles. The van der Waals surface area contributed by atoms with Gasteiger partial charge in [0.1, 0.15) is 0 Å². The standard InChI is InChI=1S/C25H24ClN7OS/c26-19-6-2-1-5-18(19)16-33-22-8-4-3-7-20(22)30-23(33)15-29-31-25(32-10-12-34-13-11-32)24-21(9-14-35-24)27-17-28-25/h1-9,14-15,17,31H,10-13,16H2,(H,27,28)/b29-15+. The molecule has 4 heterocycles. The van der Waals surface area contributed by atoms with Gasteiger partial charge in [0.05, 0.1) is 53.9 Å². The van der Waals surface area contributed by atoms with E-state index in [9.17, 15) is 0 Å². The van der Waals surface area contributed by atoms with Crippen molar-refractivity contribution in [2.45, 2.75) is 12.3 Å². The van der Waals surface area contributed by atoms with E-state index in [-0.39, 0.29) is 0 Å². The van der Waals surface area contributed by atoms with Gasteiger partial charge in [0, 0.05) is 18.1 Å². The lowest BCUT2D eigenvalue weighted by atomic mass is 10.2. The van der Waals surface area contributed by atoms with Crippen LogP contribution in [0.1, 0.15) is 16.3 Å². The number of nitrogens with one attached hydrogen (secondary N) is 2. The summed E-state index contributed by atoms with van der Waals surface area (Å²) in [6, 6.07) is 18.0. The van der Waals surface area contributed by atoms with E-state index in [2.05, 4.69) is 37.7 Å². The molecular formula is C25H24ClN7OS. The van der Waals surface area contributed by atoms with E-state index in [4.69, 9.17) is 31.4 Å². The number of ether oxygens (including phenoxy) is 1. The Kier molecular flexibility index (Phi) is 5.99. The molecule has 2 aromatic carbocycles. The summed E-state index contributed by atoms with van der Waals surface area (Å²) in [5.41, 5.74) is 7.36. The second-order valence-corrected chi connectivity index (χ2v) is 9.67. The highest BCUT2D eigenvalue weighted by Crippen LogP contribution is 2.39. The van der Waals surface area contributed by atoms with Gasteiger partial charge in [-0.2, -0.15) is 5.10 Å². The molecule has 8 nitrogen and oxygen atoms in total. The van der Waals surface area contributed by atoms with Crippen LogP contribution in [0.4, 0.5) is 5.69 Å². The summed E-state index contributed by atoms with van der Waals surface area (Å²) in [5.74, 6) is -0.0608. The summed E-state index contributed by atoms with van der Waals surface area (Å²) >= 11 is 8.13. The number of benzene rings is 2. The van der Waals surface area contributed by atoms with Crippen molar-refractivity contribution in [3.8, 4) is 0 Å². The van der Waals surface area contributed by atoms with Gasteiger partial charge < -0.3 is 14.6 Å². The molecule has 178 valence electrons. The second kappa shape index (κ2) is 9.43. The van der Waals surface area contributed by atoms with Crippen LogP contribution in [0.3, 0.4) is 0 Å². The molecule has 2 aromatic heterocycles. The first-order chi connectivity index (χ1) is 17.2. The molecule has 2 aliphatic rings. The van der Waals surface area contributed by atoms with Crippen LogP contribution in [0, 0.1) is 0 Å². The summed E-state index contributed by atoms with van der Waals surface area (Å²) < 4.78 is 7.73. The quantitative estimate of drug-likeness (QED) is 0.301. The number of hydrogen-bond donors (Lipinski definition) is 2. The second-order valence-electron chi connectivity index (χ2n) is 8.34. The summed E-state index contributed by atoms with van der Waals surface area (Å²) in [4.78, 5) is 13.0. The molecule has 1 saturated heterocycles. The van der Waals surface area contributed by atoms with Crippen molar-refractivity contribution in [2.75, 3.05) is 31.6 Å². The third-order valence-electron chi connectivity index (χ3n) is 6.29. The highest BCUT2D eigenvalue weighted by molar-refractivity contribution is 7.10. The van der Waals surface area contributed by atoms with E-state index < -0.39 is 5.79 Å². The maximum atomic E-state index is 6.48. The Morgan fingerprint density at radius 3 is 2.86 bits per heavy atom. The molecule has 2 aliphatic heterocycles. The van der Waals surface area contributed by atoms with Gasteiger partial charge >= 0.3 is 0 Å². The predicted molar refractivity (Wildman–Crippen MR) is 142 cm³/mol. The lowest BCUT2D eigenvalue weighted by Gasteiger charge is -2.43. The highest BCUT2D eigenvalue weighted by Gasteiger charge is 2.43. The Bertz CT molecular complexity index is 1410. The SMILES string of the molecule is Clc1ccccc1Cn1c(/C=N/NC2(N3CCOCC3)N=CNc3ccsc32)nc2ccccc21. The van der Waals surface area contributed by atoms with Gasteiger partial charge in [0.2, 0.25) is 5.79 Å². The molecule has 0 aliphatic carbocycles. The van der Waals surface area contributed by atoms with Crippen LogP contribution < -0.4 is 10.7 Å². The molecule has 0 radical (unpaired) electrons. The first-order valence-corrected chi connectivity index (χ1v) is 12.7. The van der Waals surface area contributed by atoms with Crippen molar-refractivity contribution in [3.63, 3.8) is 0 Å².